The van der Waals surface area contributed by atoms with Gasteiger partial charge >= 0.3 is 0 Å². The summed E-state index contributed by atoms with van der Waals surface area (Å²) >= 11 is 0. The molecular formula is C15H22FN3O2. The molecule has 1 aromatic carbocycles. The molecule has 0 aliphatic carbocycles. The fourth-order valence-electron chi connectivity index (χ4n) is 1.74. The van der Waals surface area contributed by atoms with Crippen LogP contribution in [0.3, 0.4) is 0 Å². The average Bonchev–Trinajstić information content (AvgIpc) is 2.40. The number of nitrogens with one attached hydrogen (secondary N) is 1. The molecule has 2 amide bonds. The Morgan fingerprint density at radius 3 is 2.24 bits per heavy atom. The molecule has 5 nitrogen and oxygen atoms in total. The van der Waals surface area contributed by atoms with Gasteiger partial charge in [-0.25, -0.2) is 4.39 Å². The van der Waals surface area contributed by atoms with Gasteiger partial charge in [-0.05, 0) is 38.4 Å². The predicted molar refractivity (Wildman–Crippen MR) is 80.5 cm³/mol. The van der Waals surface area contributed by atoms with Gasteiger partial charge in [0.05, 0.1) is 0 Å². The molecule has 1 rings (SSSR count). The Morgan fingerprint density at radius 1 is 1.10 bits per heavy atom. The molecule has 0 spiro atoms. The molecule has 6 heteroatoms. The van der Waals surface area contributed by atoms with Gasteiger partial charge in [0, 0.05) is 38.7 Å². The molecule has 0 unspecified atom stereocenters. The molecule has 21 heavy (non-hydrogen) atoms. The highest BCUT2D eigenvalue weighted by molar-refractivity contribution is 5.91. The molecule has 0 radical (unpaired) electrons. The van der Waals surface area contributed by atoms with Gasteiger partial charge in [-0.3, -0.25) is 9.59 Å². The minimum Gasteiger partial charge on any atom is -0.341 e. The van der Waals surface area contributed by atoms with Crippen LogP contribution in [0.5, 0.6) is 0 Å². The maximum absolute atomic E-state index is 12.8. The first-order valence-electron chi connectivity index (χ1n) is 6.84. The summed E-state index contributed by atoms with van der Waals surface area (Å²) in [6.45, 7) is 3.20. The third kappa shape index (κ3) is 6.85. The summed E-state index contributed by atoms with van der Waals surface area (Å²) in [5.74, 6) is -0.594. The topological polar surface area (TPSA) is 52.7 Å². The molecule has 0 aromatic heterocycles. The lowest BCUT2D eigenvalue weighted by Gasteiger charge is -2.22. The molecule has 0 saturated carbocycles. The number of anilines is 1. The van der Waals surface area contributed by atoms with Crippen molar-refractivity contribution in [1.29, 1.82) is 0 Å². The van der Waals surface area contributed by atoms with Crippen LogP contribution in [0.15, 0.2) is 24.3 Å². The fourth-order valence-corrected chi connectivity index (χ4v) is 1.74. The zero-order valence-electron chi connectivity index (χ0n) is 12.7. The van der Waals surface area contributed by atoms with Gasteiger partial charge in [0.25, 0.3) is 0 Å². The van der Waals surface area contributed by atoms with Gasteiger partial charge in [-0.2, -0.15) is 0 Å². The summed E-state index contributed by atoms with van der Waals surface area (Å²) in [6, 6.07) is 5.58. The second kappa shape index (κ2) is 8.36. The van der Waals surface area contributed by atoms with Crippen LogP contribution in [-0.2, 0) is 9.59 Å². The second-order valence-corrected chi connectivity index (χ2v) is 5.11. The van der Waals surface area contributed by atoms with Crippen LogP contribution >= 0.6 is 0 Å². The summed E-state index contributed by atoms with van der Waals surface area (Å²) < 4.78 is 12.8. The van der Waals surface area contributed by atoms with Gasteiger partial charge in [0.2, 0.25) is 11.8 Å². The van der Waals surface area contributed by atoms with Crippen LogP contribution in [0.25, 0.3) is 0 Å². The predicted octanol–water partition coefficient (Wildman–Crippen LogP) is 1.56. The lowest BCUT2D eigenvalue weighted by molar-refractivity contribution is -0.129. The Morgan fingerprint density at radius 2 is 1.71 bits per heavy atom. The van der Waals surface area contributed by atoms with Gasteiger partial charge in [-0.15, -0.1) is 0 Å². The molecule has 116 valence electrons. The van der Waals surface area contributed by atoms with Gasteiger partial charge in [0.15, 0.2) is 0 Å². The Kier molecular flexibility index (Phi) is 6.81. The number of hydrogen-bond donors (Lipinski definition) is 1. The van der Waals surface area contributed by atoms with E-state index in [1.165, 1.54) is 31.2 Å². The zero-order valence-corrected chi connectivity index (χ0v) is 12.7. The monoisotopic (exact) mass is 295 g/mol. The van der Waals surface area contributed by atoms with Gasteiger partial charge in [-0.1, -0.05) is 0 Å². The molecule has 0 bridgehead atoms. The number of halogens is 1. The second-order valence-electron chi connectivity index (χ2n) is 5.11. The third-order valence-corrected chi connectivity index (χ3v) is 3.00. The Labute approximate surface area is 124 Å². The summed E-state index contributed by atoms with van der Waals surface area (Å²) in [7, 11) is 3.86. The number of amides is 2. The molecule has 0 aliphatic rings. The van der Waals surface area contributed by atoms with Gasteiger partial charge in [0.1, 0.15) is 5.82 Å². The van der Waals surface area contributed by atoms with E-state index in [2.05, 4.69) is 5.32 Å². The number of carbonyl (C=O) groups excluding carboxylic acids is 2. The number of likely N-dealkylation sites (N-methyl/N-ethyl adjacent to an activating group) is 1. The van der Waals surface area contributed by atoms with Gasteiger partial charge < -0.3 is 15.1 Å². The lowest BCUT2D eigenvalue weighted by atomic mass is 10.3. The summed E-state index contributed by atoms with van der Waals surface area (Å²) in [6.07, 6.45) is 0.213. The lowest BCUT2D eigenvalue weighted by Crippen LogP contribution is -2.37. The first kappa shape index (κ1) is 17.1. The molecule has 0 fully saturated rings. The van der Waals surface area contributed by atoms with Crippen molar-refractivity contribution < 1.29 is 14.0 Å². The third-order valence-electron chi connectivity index (χ3n) is 3.00. The van der Waals surface area contributed by atoms with Crippen LogP contribution in [0, 0.1) is 5.82 Å². The Hall–Kier alpha value is -1.95. The Balaban J connectivity index is 2.42. The maximum Gasteiger partial charge on any atom is 0.226 e. The molecule has 1 aromatic rings. The van der Waals surface area contributed by atoms with Crippen molar-refractivity contribution in [3.8, 4) is 0 Å². The van der Waals surface area contributed by atoms with Crippen LogP contribution in [-0.4, -0.2) is 55.3 Å². The number of hydrogen-bond acceptors (Lipinski definition) is 3. The van der Waals surface area contributed by atoms with E-state index in [1.807, 2.05) is 19.0 Å². The molecule has 1 N–H and O–H groups in total. The number of carbonyl (C=O) groups is 2. The molecular weight excluding hydrogens is 273 g/mol. The number of nitrogens with zero attached hydrogens (tertiary/aromatic N) is 2. The van der Waals surface area contributed by atoms with Crippen molar-refractivity contribution in [2.24, 2.45) is 0 Å². The normalized spacial score (nSPS) is 10.5. The van der Waals surface area contributed by atoms with Crippen molar-refractivity contribution in [2.45, 2.75) is 13.3 Å². The largest absolute Gasteiger partial charge is 0.341 e. The van der Waals surface area contributed by atoms with E-state index >= 15 is 0 Å². The van der Waals surface area contributed by atoms with Crippen molar-refractivity contribution in [1.82, 2.24) is 9.80 Å². The quantitative estimate of drug-likeness (QED) is 0.830. The van der Waals surface area contributed by atoms with Crippen molar-refractivity contribution in [3.05, 3.63) is 30.1 Å². The molecule has 0 saturated heterocycles. The van der Waals surface area contributed by atoms with E-state index in [-0.39, 0.29) is 24.1 Å². The molecule has 0 aliphatic heterocycles. The van der Waals surface area contributed by atoms with Crippen molar-refractivity contribution >= 4 is 17.5 Å². The smallest absolute Gasteiger partial charge is 0.226 e. The first-order chi connectivity index (χ1) is 9.88. The van der Waals surface area contributed by atoms with Crippen LogP contribution < -0.4 is 5.32 Å². The van der Waals surface area contributed by atoms with Crippen molar-refractivity contribution in [3.63, 3.8) is 0 Å². The number of benzene rings is 1. The Bertz CT molecular complexity index is 474. The minimum absolute atomic E-state index is 0.0496. The van der Waals surface area contributed by atoms with Crippen LogP contribution in [0.4, 0.5) is 10.1 Å². The van der Waals surface area contributed by atoms with E-state index < -0.39 is 0 Å². The fraction of sp³-hybridized carbons (Fsp3) is 0.467. The van der Waals surface area contributed by atoms with E-state index in [0.717, 1.165) is 6.54 Å². The summed E-state index contributed by atoms with van der Waals surface area (Å²) in [4.78, 5) is 26.9. The summed E-state index contributed by atoms with van der Waals surface area (Å²) in [5, 5.41) is 2.67. The average molecular weight is 295 g/mol. The summed E-state index contributed by atoms with van der Waals surface area (Å²) in [5.41, 5.74) is 0.545. The highest BCUT2D eigenvalue weighted by atomic mass is 19.1. The maximum atomic E-state index is 12.8. The van der Waals surface area contributed by atoms with Crippen LogP contribution in [0.1, 0.15) is 13.3 Å². The van der Waals surface area contributed by atoms with E-state index in [4.69, 9.17) is 0 Å². The molecule has 0 atom stereocenters. The SMILES string of the molecule is CC(=O)N(CCC(=O)Nc1ccc(F)cc1)CCN(C)C. The highest BCUT2D eigenvalue weighted by Gasteiger charge is 2.11. The standard InChI is InChI=1S/C15H22FN3O2/c1-12(20)19(11-10-18(2)3)9-8-15(21)17-14-6-4-13(16)5-7-14/h4-7H,8-11H2,1-3H3,(H,17,21). The van der Waals surface area contributed by atoms with E-state index in [9.17, 15) is 14.0 Å². The highest BCUT2D eigenvalue weighted by Crippen LogP contribution is 2.08. The van der Waals surface area contributed by atoms with E-state index in [1.54, 1.807) is 4.90 Å². The van der Waals surface area contributed by atoms with E-state index in [0.29, 0.717) is 18.8 Å². The minimum atomic E-state index is -0.348. The molecule has 0 heterocycles. The first-order valence-corrected chi connectivity index (χ1v) is 6.84. The van der Waals surface area contributed by atoms with Crippen molar-refractivity contribution in [2.75, 3.05) is 39.0 Å². The zero-order chi connectivity index (χ0) is 15.8. The number of rotatable bonds is 7. The van der Waals surface area contributed by atoms with Crippen LogP contribution in [0.2, 0.25) is 0 Å².